The van der Waals surface area contributed by atoms with Gasteiger partial charge >= 0.3 is 6.03 Å². The molecular formula is C50H52N4O5. The zero-order valence-corrected chi connectivity index (χ0v) is 33.5. The number of carbonyl (C=O) groups excluding carboxylic acids is 1. The van der Waals surface area contributed by atoms with Crippen LogP contribution in [0.25, 0.3) is 11.1 Å². The zero-order valence-electron chi connectivity index (χ0n) is 33.5. The van der Waals surface area contributed by atoms with Crippen molar-refractivity contribution < 1.29 is 24.1 Å². The Balaban J connectivity index is 0.914. The van der Waals surface area contributed by atoms with Crippen LogP contribution in [0.5, 0.6) is 11.5 Å². The van der Waals surface area contributed by atoms with Crippen molar-refractivity contribution in [3.05, 3.63) is 186 Å². The Morgan fingerprint density at radius 1 is 0.678 bits per heavy atom. The van der Waals surface area contributed by atoms with Gasteiger partial charge in [-0.2, -0.15) is 0 Å². The summed E-state index contributed by atoms with van der Waals surface area (Å²) in [7, 11) is 0. The number of hydrogen-bond acceptors (Lipinski definition) is 7. The van der Waals surface area contributed by atoms with Crippen LogP contribution in [0.15, 0.2) is 158 Å². The highest BCUT2D eigenvalue weighted by Crippen LogP contribution is 2.42. The minimum absolute atomic E-state index is 0.00515. The van der Waals surface area contributed by atoms with Crippen LogP contribution in [0, 0.1) is 5.92 Å². The molecule has 0 bridgehead atoms. The van der Waals surface area contributed by atoms with E-state index in [-0.39, 0.29) is 30.8 Å². The van der Waals surface area contributed by atoms with Crippen LogP contribution >= 0.6 is 0 Å². The summed E-state index contributed by atoms with van der Waals surface area (Å²) < 4.78 is 19.5. The molecule has 9 heteroatoms. The van der Waals surface area contributed by atoms with E-state index in [2.05, 4.69) is 100 Å². The van der Waals surface area contributed by atoms with Crippen molar-refractivity contribution >= 4 is 11.7 Å². The van der Waals surface area contributed by atoms with E-state index in [4.69, 9.17) is 14.2 Å². The lowest BCUT2D eigenvalue weighted by Crippen LogP contribution is -2.51. The summed E-state index contributed by atoms with van der Waals surface area (Å²) in [5.74, 6) is 1.55. The van der Waals surface area contributed by atoms with E-state index in [1.165, 1.54) is 5.56 Å². The van der Waals surface area contributed by atoms with Crippen LogP contribution in [-0.4, -0.2) is 59.8 Å². The third-order valence-corrected chi connectivity index (χ3v) is 11.3. The molecule has 2 heterocycles. The number of ether oxygens (including phenoxy) is 3. The van der Waals surface area contributed by atoms with Crippen LogP contribution in [0.2, 0.25) is 0 Å². The van der Waals surface area contributed by atoms with Gasteiger partial charge in [0.25, 0.3) is 0 Å². The molecule has 6 aromatic rings. The highest BCUT2D eigenvalue weighted by atomic mass is 16.7. The number of piperazine rings is 1. The minimum atomic E-state index is -0.549. The number of aliphatic hydroxyl groups is 1. The number of benzene rings is 6. The predicted molar refractivity (Wildman–Crippen MR) is 232 cm³/mol. The number of anilines is 1. The van der Waals surface area contributed by atoms with Gasteiger partial charge in [0.05, 0.1) is 18.8 Å². The first-order valence-electron chi connectivity index (χ1n) is 20.5. The van der Waals surface area contributed by atoms with Crippen LogP contribution < -0.4 is 15.4 Å². The number of aliphatic hydroxyl groups excluding tert-OH is 1. The molecule has 6 aromatic carbocycles. The smallest absolute Gasteiger partial charge is 0.319 e. The van der Waals surface area contributed by atoms with E-state index < -0.39 is 6.29 Å². The standard InChI is InChI=1S/C50H52N4O5/c1-36-47(34-54-30-28-53(29-31-54)33-37-10-4-2-5-11-37)58-49(59-48(36)40-18-16-38(35-55)17-19-40)41-22-20-39(21-23-41)46-15-9-8-12-42(46)32-51-50(56)52-43-24-26-45(27-25-43)57-44-13-6-3-7-14-44/h2-27,36,47-49,55H,28-35H2,1H3,(H2,51,52,56)/t36-,47+,48+,49+/m1/s1. The molecule has 9 nitrogen and oxygen atoms in total. The van der Waals surface area contributed by atoms with Gasteiger partial charge in [0.15, 0.2) is 6.29 Å². The average molecular weight is 789 g/mol. The first kappa shape index (κ1) is 40.0. The van der Waals surface area contributed by atoms with Crippen molar-refractivity contribution in [2.24, 2.45) is 5.92 Å². The lowest BCUT2D eigenvalue weighted by Gasteiger charge is -2.44. The number of para-hydroxylation sites is 1. The molecule has 8 rings (SSSR count). The molecular weight excluding hydrogens is 737 g/mol. The molecule has 2 saturated heterocycles. The molecule has 59 heavy (non-hydrogen) atoms. The highest BCUT2D eigenvalue weighted by Gasteiger charge is 2.39. The molecule has 2 fully saturated rings. The number of nitrogens with one attached hydrogen (secondary N) is 2. The quantitative estimate of drug-likeness (QED) is 0.107. The fraction of sp³-hybridized carbons (Fsp3) is 0.260. The molecule has 0 unspecified atom stereocenters. The SMILES string of the molecule is C[C@@H]1[C@H](CN2CCN(Cc3ccccc3)CC2)O[C@H](c2ccc(-c3ccccc3CNC(=O)Nc3ccc(Oc4ccccc4)cc3)cc2)O[C@@H]1c1ccc(CO)cc1. The zero-order chi connectivity index (χ0) is 40.4. The van der Waals surface area contributed by atoms with Gasteiger partial charge in [-0.25, -0.2) is 4.79 Å². The van der Waals surface area contributed by atoms with Gasteiger partial charge in [-0.05, 0) is 69.8 Å². The van der Waals surface area contributed by atoms with Crippen LogP contribution in [0.4, 0.5) is 10.5 Å². The van der Waals surface area contributed by atoms with E-state index in [0.29, 0.717) is 18.0 Å². The lowest BCUT2D eigenvalue weighted by molar-refractivity contribution is -0.276. The van der Waals surface area contributed by atoms with Gasteiger partial charge < -0.3 is 30.0 Å². The number of nitrogens with zero attached hydrogens (tertiary/aromatic N) is 2. The molecule has 2 amide bonds. The average Bonchev–Trinajstić information content (AvgIpc) is 3.28. The Labute approximate surface area is 347 Å². The molecule has 4 atom stereocenters. The summed E-state index contributed by atoms with van der Waals surface area (Å²) in [4.78, 5) is 18.0. The summed E-state index contributed by atoms with van der Waals surface area (Å²) in [6.45, 7) is 8.40. The molecule has 2 aliphatic heterocycles. The predicted octanol–water partition coefficient (Wildman–Crippen LogP) is 9.57. The highest BCUT2D eigenvalue weighted by molar-refractivity contribution is 5.89. The van der Waals surface area contributed by atoms with E-state index in [1.807, 2.05) is 84.9 Å². The Bertz CT molecular complexity index is 2230. The number of urea groups is 1. The number of rotatable bonds is 13. The fourth-order valence-corrected chi connectivity index (χ4v) is 7.91. The molecule has 0 aliphatic carbocycles. The van der Waals surface area contributed by atoms with Crippen molar-refractivity contribution in [3.8, 4) is 22.6 Å². The number of amides is 2. The Morgan fingerprint density at radius 3 is 2.02 bits per heavy atom. The topological polar surface area (TPSA) is 95.5 Å². The van der Waals surface area contributed by atoms with E-state index in [0.717, 1.165) is 78.4 Å². The van der Waals surface area contributed by atoms with Gasteiger partial charge in [-0.15, -0.1) is 0 Å². The van der Waals surface area contributed by atoms with Crippen molar-refractivity contribution in [2.75, 3.05) is 38.0 Å². The van der Waals surface area contributed by atoms with Crippen LogP contribution in [0.3, 0.4) is 0 Å². The lowest BCUT2D eigenvalue weighted by atomic mass is 9.89. The number of carbonyl (C=O) groups is 1. The summed E-state index contributed by atoms with van der Waals surface area (Å²) >= 11 is 0. The molecule has 2 aliphatic rings. The summed E-state index contributed by atoms with van der Waals surface area (Å²) in [6, 6.07) is 51.9. The minimum Gasteiger partial charge on any atom is -0.457 e. The summed E-state index contributed by atoms with van der Waals surface area (Å²) in [5.41, 5.74) is 7.99. The van der Waals surface area contributed by atoms with E-state index in [9.17, 15) is 9.90 Å². The van der Waals surface area contributed by atoms with Gasteiger partial charge in [0.2, 0.25) is 0 Å². The maximum Gasteiger partial charge on any atom is 0.319 e. The number of hydrogen-bond donors (Lipinski definition) is 3. The van der Waals surface area contributed by atoms with E-state index >= 15 is 0 Å². The second-order valence-corrected chi connectivity index (χ2v) is 15.4. The second kappa shape index (κ2) is 19.3. The van der Waals surface area contributed by atoms with Crippen LogP contribution in [0.1, 0.15) is 47.1 Å². The van der Waals surface area contributed by atoms with Gasteiger partial charge in [-0.3, -0.25) is 9.80 Å². The fourth-order valence-electron chi connectivity index (χ4n) is 7.91. The molecule has 0 saturated carbocycles. The van der Waals surface area contributed by atoms with Gasteiger partial charge in [0, 0.05) is 63.0 Å². The summed E-state index contributed by atoms with van der Waals surface area (Å²) in [6.07, 6.45) is -0.772. The van der Waals surface area contributed by atoms with Crippen molar-refractivity contribution in [3.63, 3.8) is 0 Å². The van der Waals surface area contributed by atoms with Crippen LogP contribution in [-0.2, 0) is 29.2 Å². The molecule has 0 aromatic heterocycles. The Morgan fingerprint density at radius 2 is 1.31 bits per heavy atom. The largest absolute Gasteiger partial charge is 0.457 e. The molecule has 0 spiro atoms. The maximum atomic E-state index is 13.0. The van der Waals surface area contributed by atoms with Crippen molar-refractivity contribution in [2.45, 2.75) is 45.1 Å². The third-order valence-electron chi connectivity index (χ3n) is 11.3. The first-order chi connectivity index (χ1) is 29.0. The Kier molecular flexibility index (Phi) is 13.1. The molecule has 3 N–H and O–H groups in total. The van der Waals surface area contributed by atoms with Gasteiger partial charge in [0.1, 0.15) is 11.5 Å². The molecule has 302 valence electrons. The van der Waals surface area contributed by atoms with Gasteiger partial charge in [-0.1, -0.05) is 128 Å². The van der Waals surface area contributed by atoms with Crippen molar-refractivity contribution in [1.82, 2.24) is 15.1 Å². The molecule has 0 radical (unpaired) electrons. The second-order valence-electron chi connectivity index (χ2n) is 15.4. The normalized spacial score (nSPS) is 19.8. The van der Waals surface area contributed by atoms with Crippen molar-refractivity contribution in [1.29, 1.82) is 0 Å². The third kappa shape index (κ3) is 10.4. The Hall–Kier alpha value is -5.81. The first-order valence-corrected chi connectivity index (χ1v) is 20.5. The van der Waals surface area contributed by atoms with E-state index in [1.54, 1.807) is 0 Å². The monoisotopic (exact) mass is 788 g/mol. The summed E-state index contributed by atoms with van der Waals surface area (Å²) in [5, 5.41) is 15.6. The maximum absolute atomic E-state index is 13.0.